The molecule has 0 aromatic carbocycles. The lowest BCUT2D eigenvalue weighted by atomic mass is 10.1. The van der Waals surface area contributed by atoms with Gasteiger partial charge in [-0.25, -0.2) is 14.2 Å². The number of rotatable bonds is 3. The molecule has 0 unspecified atom stereocenters. The summed E-state index contributed by atoms with van der Waals surface area (Å²) in [5, 5.41) is 13.2. The number of hydrogen-bond acceptors (Lipinski definition) is 5. The van der Waals surface area contributed by atoms with Gasteiger partial charge < -0.3 is 19.7 Å². The Morgan fingerprint density at radius 1 is 1.32 bits per heavy atom. The summed E-state index contributed by atoms with van der Waals surface area (Å²) < 4.78 is 14.6. The Bertz CT molecular complexity index is 655. The number of carbonyl (C=O) groups is 1. The lowest BCUT2D eigenvalue weighted by Crippen LogP contribution is -2.40. The number of carboxylic acid groups (broad SMARTS) is 1. The molecule has 2 fully saturated rings. The smallest absolute Gasteiger partial charge is 0.407 e. The van der Waals surface area contributed by atoms with E-state index in [1.165, 1.54) is 11.0 Å². The fraction of sp³-hybridized carbons (Fsp3) is 0.562. The molecule has 2 aliphatic rings. The minimum Gasteiger partial charge on any atom is -0.465 e. The van der Waals surface area contributed by atoms with Crippen molar-refractivity contribution in [3.05, 3.63) is 22.6 Å². The third kappa shape index (κ3) is 4.59. The molecule has 1 aromatic heterocycles. The largest absolute Gasteiger partial charge is 0.465 e. The first-order valence-corrected chi connectivity index (χ1v) is 9.07. The van der Waals surface area contributed by atoms with Gasteiger partial charge in [0, 0.05) is 62.5 Å². The van der Waals surface area contributed by atoms with Gasteiger partial charge in [-0.1, -0.05) is 5.16 Å². The van der Waals surface area contributed by atoms with Crippen LogP contribution in [-0.2, 0) is 4.84 Å². The molecule has 0 atom stereocenters. The zero-order valence-electron chi connectivity index (χ0n) is 13.7. The van der Waals surface area contributed by atoms with E-state index in [-0.39, 0.29) is 11.9 Å². The van der Waals surface area contributed by atoms with Crippen LogP contribution >= 0.6 is 15.9 Å². The number of anilines is 1. The molecule has 3 rings (SSSR count). The summed E-state index contributed by atoms with van der Waals surface area (Å²) in [6, 6.07) is 1.42. The number of pyridine rings is 1. The highest BCUT2D eigenvalue weighted by atomic mass is 79.9. The molecule has 0 saturated carbocycles. The maximum Gasteiger partial charge on any atom is 0.407 e. The van der Waals surface area contributed by atoms with E-state index in [2.05, 4.69) is 26.1 Å². The van der Waals surface area contributed by atoms with Gasteiger partial charge in [-0.15, -0.1) is 0 Å². The van der Waals surface area contributed by atoms with Crippen LogP contribution in [0.5, 0.6) is 0 Å². The molecule has 3 heterocycles. The quantitative estimate of drug-likeness (QED) is 0.768. The maximum atomic E-state index is 14.0. The summed E-state index contributed by atoms with van der Waals surface area (Å²) in [6.45, 7) is 2.25. The fourth-order valence-electron chi connectivity index (χ4n) is 3.01. The first-order chi connectivity index (χ1) is 12.0. The maximum absolute atomic E-state index is 14.0. The zero-order chi connectivity index (χ0) is 17.8. The fourth-order valence-corrected chi connectivity index (χ4v) is 3.31. The molecular formula is C16H20BrFN4O3. The van der Waals surface area contributed by atoms with Crippen LogP contribution < -0.4 is 4.90 Å². The summed E-state index contributed by atoms with van der Waals surface area (Å²) in [7, 11) is 0. The Kier molecular flexibility index (Phi) is 5.72. The van der Waals surface area contributed by atoms with Gasteiger partial charge in [0.05, 0.1) is 5.71 Å². The summed E-state index contributed by atoms with van der Waals surface area (Å²) in [5.74, 6) is 0.0282. The van der Waals surface area contributed by atoms with Crippen LogP contribution in [0.25, 0.3) is 0 Å². The molecule has 7 nitrogen and oxygen atoms in total. The highest BCUT2D eigenvalue weighted by Gasteiger charge is 2.24. The first-order valence-electron chi connectivity index (χ1n) is 8.28. The highest BCUT2D eigenvalue weighted by molar-refractivity contribution is 9.10. The molecule has 0 aliphatic carbocycles. The first kappa shape index (κ1) is 17.9. The number of oxime groups is 1. The third-order valence-corrected chi connectivity index (χ3v) is 4.91. The number of piperidine rings is 2. The summed E-state index contributed by atoms with van der Waals surface area (Å²) in [4.78, 5) is 23.9. The van der Waals surface area contributed by atoms with Crippen LogP contribution in [0.2, 0.25) is 0 Å². The molecule has 0 spiro atoms. The van der Waals surface area contributed by atoms with E-state index in [0.29, 0.717) is 62.2 Å². The van der Waals surface area contributed by atoms with E-state index in [1.807, 2.05) is 4.90 Å². The van der Waals surface area contributed by atoms with Crippen molar-refractivity contribution in [1.82, 2.24) is 9.88 Å². The molecule has 2 saturated heterocycles. The molecular weight excluding hydrogens is 395 g/mol. The van der Waals surface area contributed by atoms with Crippen molar-refractivity contribution >= 4 is 33.6 Å². The Labute approximate surface area is 153 Å². The van der Waals surface area contributed by atoms with Gasteiger partial charge >= 0.3 is 6.09 Å². The number of amides is 1. The van der Waals surface area contributed by atoms with Crippen molar-refractivity contribution in [2.45, 2.75) is 31.8 Å². The molecule has 1 aromatic rings. The van der Waals surface area contributed by atoms with Gasteiger partial charge in [0.25, 0.3) is 0 Å². The average Bonchev–Trinajstić information content (AvgIpc) is 2.61. The van der Waals surface area contributed by atoms with Gasteiger partial charge in [0.2, 0.25) is 0 Å². The molecule has 1 amide bonds. The summed E-state index contributed by atoms with van der Waals surface area (Å²) in [6.07, 6.45) is 3.38. The third-order valence-electron chi connectivity index (χ3n) is 4.47. The van der Waals surface area contributed by atoms with E-state index in [4.69, 9.17) is 9.94 Å². The Morgan fingerprint density at radius 3 is 2.60 bits per heavy atom. The Morgan fingerprint density at radius 2 is 2.00 bits per heavy atom. The summed E-state index contributed by atoms with van der Waals surface area (Å²) in [5.41, 5.74) is 0.953. The standard InChI is InChI=1S/C16H20BrFN4O3/c17-11-9-14(18)15(19-10-11)21-5-1-12(2-6-21)20-25-13-3-7-22(8-4-13)16(23)24/h9-10,13H,1-8H2,(H,23,24). The lowest BCUT2D eigenvalue weighted by Gasteiger charge is -2.30. The number of hydrogen-bond donors (Lipinski definition) is 1. The van der Waals surface area contributed by atoms with Crippen LogP contribution in [0.15, 0.2) is 21.9 Å². The van der Waals surface area contributed by atoms with Crippen LogP contribution in [-0.4, -0.2) is 59.1 Å². The van der Waals surface area contributed by atoms with E-state index < -0.39 is 6.09 Å². The number of halogens is 2. The Balaban J connectivity index is 1.47. The normalized spacial score (nSPS) is 19.0. The van der Waals surface area contributed by atoms with Gasteiger partial charge in [0.15, 0.2) is 11.6 Å². The van der Waals surface area contributed by atoms with Crippen LogP contribution in [0, 0.1) is 5.82 Å². The SMILES string of the molecule is O=C(O)N1CCC(ON=C2CCN(c3ncc(Br)cc3F)CC2)CC1. The van der Waals surface area contributed by atoms with Crippen LogP contribution in [0.3, 0.4) is 0 Å². The van der Waals surface area contributed by atoms with Crippen LogP contribution in [0.1, 0.15) is 25.7 Å². The predicted octanol–water partition coefficient (Wildman–Crippen LogP) is 3.10. The van der Waals surface area contributed by atoms with Gasteiger partial charge in [-0.05, 0) is 22.0 Å². The van der Waals surface area contributed by atoms with E-state index >= 15 is 0 Å². The topological polar surface area (TPSA) is 78.3 Å². The highest BCUT2D eigenvalue weighted by Crippen LogP contribution is 2.23. The molecule has 25 heavy (non-hydrogen) atoms. The second-order valence-corrected chi connectivity index (χ2v) is 7.09. The van der Waals surface area contributed by atoms with Gasteiger partial charge in [-0.2, -0.15) is 0 Å². The van der Waals surface area contributed by atoms with Gasteiger partial charge in [-0.3, -0.25) is 0 Å². The van der Waals surface area contributed by atoms with Crippen molar-refractivity contribution in [2.75, 3.05) is 31.1 Å². The van der Waals surface area contributed by atoms with E-state index in [1.54, 1.807) is 6.20 Å². The van der Waals surface area contributed by atoms with Crippen molar-refractivity contribution in [2.24, 2.45) is 5.16 Å². The molecule has 1 N–H and O–H groups in total. The minimum absolute atomic E-state index is 0.0354. The molecule has 136 valence electrons. The number of likely N-dealkylation sites (tertiary alicyclic amines) is 1. The summed E-state index contributed by atoms with van der Waals surface area (Å²) >= 11 is 3.21. The average molecular weight is 415 g/mol. The molecule has 9 heteroatoms. The number of nitrogens with zero attached hydrogens (tertiary/aromatic N) is 4. The lowest BCUT2D eigenvalue weighted by molar-refractivity contribution is 0.0127. The van der Waals surface area contributed by atoms with E-state index in [0.717, 1.165) is 5.71 Å². The van der Waals surface area contributed by atoms with Crippen LogP contribution in [0.4, 0.5) is 15.0 Å². The number of aromatic nitrogens is 1. The second kappa shape index (κ2) is 7.99. The van der Waals surface area contributed by atoms with Crippen molar-refractivity contribution in [1.29, 1.82) is 0 Å². The molecule has 0 radical (unpaired) electrons. The zero-order valence-corrected chi connectivity index (χ0v) is 15.3. The second-order valence-electron chi connectivity index (χ2n) is 6.18. The molecule has 0 bridgehead atoms. The van der Waals surface area contributed by atoms with E-state index in [9.17, 15) is 9.18 Å². The Hall–Kier alpha value is -1.90. The molecule has 2 aliphatic heterocycles. The monoisotopic (exact) mass is 414 g/mol. The predicted molar refractivity (Wildman–Crippen MR) is 94.5 cm³/mol. The van der Waals surface area contributed by atoms with Crippen molar-refractivity contribution < 1.29 is 19.1 Å². The van der Waals surface area contributed by atoms with Crippen molar-refractivity contribution in [3.63, 3.8) is 0 Å². The van der Waals surface area contributed by atoms with Crippen molar-refractivity contribution in [3.8, 4) is 0 Å². The minimum atomic E-state index is -0.883. The van der Waals surface area contributed by atoms with Gasteiger partial charge in [0.1, 0.15) is 6.10 Å².